The zero-order valence-electron chi connectivity index (χ0n) is 11.1. The summed E-state index contributed by atoms with van der Waals surface area (Å²) in [6, 6.07) is 0. The maximum Gasteiger partial charge on any atom is 0.339 e. The van der Waals surface area contributed by atoms with Gasteiger partial charge in [-0.05, 0) is 18.8 Å². The Morgan fingerprint density at radius 1 is 1.47 bits per heavy atom. The molecule has 2 fully saturated rings. The smallest absolute Gasteiger partial charge is 0.339 e. The quantitative estimate of drug-likeness (QED) is 0.730. The molecule has 5 heteroatoms. The van der Waals surface area contributed by atoms with Crippen molar-refractivity contribution in [2.45, 2.75) is 44.1 Å². The topological polar surface area (TPSA) is 66.8 Å². The van der Waals surface area contributed by atoms with Gasteiger partial charge in [-0.3, -0.25) is 4.79 Å². The van der Waals surface area contributed by atoms with Crippen LogP contribution in [0.3, 0.4) is 0 Å². The largest absolute Gasteiger partial charge is 0.512 e. The van der Waals surface area contributed by atoms with Crippen molar-refractivity contribution in [2.24, 2.45) is 5.92 Å². The van der Waals surface area contributed by atoms with Crippen LogP contribution in [0.25, 0.3) is 0 Å². The van der Waals surface area contributed by atoms with Gasteiger partial charge in [-0.15, -0.1) is 0 Å². The fourth-order valence-corrected chi connectivity index (χ4v) is 4.18. The Balaban J connectivity index is 2.14. The lowest BCUT2D eigenvalue weighted by atomic mass is 9.67. The molecule has 0 aromatic carbocycles. The third-order valence-corrected chi connectivity index (χ3v) is 4.92. The Labute approximate surface area is 112 Å². The highest BCUT2D eigenvalue weighted by molar-refractivity contribution is 5.95. The maximum absolute atomic E-state index is 12.2. The number of aliphatic hydroxyl groups excluding tert-OH is 1. The number of amides is 1. The van der Waals surface area contributed by atoms with Gasteiger partial charge in [0, 0.05) is 19.4 Å². The zero-order valence-corrected chi connectivity index (χ0v) is 11.1. The number of esters is 1. The molecule has 0 radical (unpaired) electrons. The van der Waals surface area contributed by atoms with Gasteiger partial charge >= 0.3 is 5.97 Å². The molecule has 0 aromatic heterocycles. The molecule has 1 saturated carbocycles. The Bertz CT molecular complexity index is 470. The van der Waals surface area contributed by atoms with Crippen LogP contribution in [0.4, 0.5) is 0 Å². The van der Waals surface area contributed by atoms with Gasteiger partial charge in [0.25, 0.3) is 0 Å². The van der Waals surface area contributed by atoms with Crippen LogP contribution in [0.15, 0.2) is 11.3 Å². The minimum Gasteiger partial charge on any atom is -0.512 e. The van der Waals surface area contributed by atoms with Crippen molar-refractivity contribution in [2.75, 3.05) is 13.7 Å². The third kappa shape index (κ3) is 1.53. The molecule has 1 saturated heterocycles. The predicted molar refractivity (Wildman–Crippen MR) is 67.3 cm³/mol. The van der Waals surface area contributed by atoms with E-state index >= 15 is 0 Å². The molecule has 0 aromatic rings. The van der Waals surface area contributed by atoms with E-state index in [9.17, 15) is 14.7 Å². The number of methoxy groups -OCH3 is 1. The van der Waals surface area contributed by atoms with E-state index in [1.165, 1.54) is 7.11 Å². The first-order valence-corrected chi connectivity index (χ1v) is 6.92. The number of nitrogens with zero attached hydrogens (tertiary/aromatic N) is 1. The second kappa shape index (κ2) is 4.25. The lowest BCUT2D eigenvalue weighted by Crippen LogP contribution is -2.56. The summed E-state index contributed by atoms with van der Waals surface area (Å²) < 4.78 is 4.85. The highest BCUT2D eigenvalue weighted by Crippen LogP contribution is 2.52. The number of aliphatic hydroxyl groups is 1. The molecular weight excluding hydrogens is 246 g/mol. The van der Waals surface area contributed by atoms with Crippen LogP contribution in [-0.2, 0) is 14.3 Å². The average molecular weight is 265 g/mol. The van der Waals surface area contributed by atoms with Crippen LogP contribution in [0.2, 0.25) is 0 Å². The SMILES string of the molecule is COC(=O)C1=C(O)CCN2C(=O)C[C@@H]3CCCC[C@@]132. The summed E-state index contributed by atoms with van der Waals surface area (Å²) in [7, 11) is 1.33. The molecule has 2 heterocycles. The highest BCUT2D eigenvalue weighted by atomic mass is 16.5. The number of hydrogen-bond acceptors (Lipinski definition) is 4. The Hall–Kier alpha value is -1.52. The molecule has 1 N–H and O–H groups in total. The van der Waals surface area contributed by atoms with Crippen LogP contribution in [0.1, 0.15) is 38.5 Å². The summed E-state index contributed by atoms with van der Waals surface area (Å²) in [6.45, 7) is 0.516. The summed E-state index contributed by atoms with van der Waals surface area (Å²) in [5, 5.41) is 10.2. The molecular formula is C14H19NO4. The fourth-order valence-electron chi connectivity index (χ4n) is 4.18. The molecule has 0 bridgehead atoms. The summed E-state index contributed by atoms with van der Waals surface area (Å²) in [4.78, 5) is 26.1. The van der Waals surface area contributed by atoms with E-state index < -0.39 is 11.5 Å². The lowest BCUT2D eigenvalue weighted by molar-refractivity contribution is -0.140. The van der Waals surface area contributed by atoms with E-state index in [4.69, 9.17) is 4.74 Å². The second-order valence-electron chi connectivity index (χ2n) is 5.68. The van der Waals surface area contributed by atoms with Crippen molar-refractivity contribution < 1.29 is 19.4 Å². The van der Waals surface area contributed by atoms with E-state index in [0.717, 1.165) is 25.7 Å². The summed E-state index contributed by atoms with van der Waals surface area (Å²) in [5.41, 5.74) is -0.248. The van der Waals surface area contributed by atoms with E-state index in [2.05, 4.69) is 0 Å². The van der Waals surface area contributed by atoms with Gasteiger partial charge in [-0.25, -0.2) is 4.79 Å². The first-order chi connectivity index (χ1) is 9.11. The van der Waals surface area contributed by atoms with Crippen LogP contribution >= 0.6 is 0 Å². The van der Waals surface area contributed by atoms with Gasteiger partial charge in [-0.2, -0.15) is 0 Å². The molecule has 0 unspecified atom stereocenters. The van der Waals surface area contributed by atoms with Gasteiger partial charge in [0.1, 0.15) is 11.3 Å². The van der Waals surface area contributed by atoms with Gasteiger partial charge < -0.3 is 14.7 Å². The first kappa shape index (κ1) is 12.5. The van der Waals surface area contributed by atoms with Gasteiger partial charge in [0.15, 0.2) is 0 Å². The molecule has 3 rings (SSSR count). The molecule has 5 nitrogen and oxygen atoms in total. The second-order valence-corrected chi connectivity index (χ2v) is 5.68. The fraction of sp³-hybridized carbons (Fsp3) is 0.714. The van der Waals surface area contributed by atoms with Gasteiger partial charge in [0.2, 0.25) is 5.91 Å². The van der Waals surface area contributed by atoms with E-state index in [-0.39, 0.29) is 17.6 Å². The lowest BCUT2D eigenvalue weighted by Gasteiger charge is -2.48. The molecule has 19 heavy (non-hydrogen) atoms. The number of rotatable bonds is 1. The molecule has 1 amide bonds. The van der Waals surface area contributed by atoms with Crippen LogP contribution in [0.5, 0.6) is 0 Å². The van der Waals surface area contributed by atoms with Crippen molar-refractivity contribution in [3.63, 3.8) is 0 Å². The van der Waals surface area contributed by atoms with E-state index in [1.54, 1.807) is 0 Å². The van der Waals surface area contributed by atoms with Crippen LogP contribution < -0.4 is 0 Å². The molecule has 1 spiro atoms. The monoisotopic (exact) mass is 265 g/mol. The average Bonchev–Trinajstić information content (AvgIpc) is 2.70. The highest BCUT2D eigenvalue weighted by Gasteiger charge is 2.59. The number of carbonyl (C=O) groups excluding carboxylic acids is 2. The standard InChI is InChI=1S/C14H19NO4/c1-19-13(18)12-10(16)5-7-15-11(17)8-9-4-2-3-6-14(9,12)15/h9,16H,2-8H2,1H3/t9-,14-/m0/s1. The van der Waals surface area contributed by atoms with Gasteiger partial charge in [-0.1, -0.05) is 12.8 Å². The van der Waals surface area contributed by atoms with Crippen LogP contribution in [0, 0.1) is 5.92 Å². The Kier molecular flexibility index (Phi) is 2.80. The maximum atomic E-state index is 12.2. The van der Waals surface area contributed by atoms with Crippen molar-refractivity contribution in [3.05, 3.63) is 11.3 Å². The van der Waals surface area contributed by atoms with Crippen molar-refractivity contribution in [1.82, 2.24) is 4.90 Å². The zero-order chi connectivity index (χ0) is 13.6. The number of ether oxygens (including phenoxy) is 1. The minimum absolute atomic E-state index is 0.112. The molecule has 3 aliphatic rings. The minimum atomic E-state index is -0.592. The van der Waals surface area contributed by atoms with Gasteiger partial charge in [0.05, 0.1) is 12.6 Å². The normalized spacial score (nSPS) is 34.1. The molecule has 2 aliphatic heterocycles. The summed E-state index contributed by atoms with van der Waals surface area (Å²) >= 11 is 0. The predicted octanol–water partition coefficient (Wildman–Crippen LogP) is 1.54. The van der Waals surface area contributed by atoms with Crippen molar-refractivity contribution in [3.8, 4) is 0 Å². The van der Waals surface area contributed by atoms with Crippen molar-refractivity contribution >= 4 is 11.9 Å². The van der Waals surface area contributed by atoms with E-state index in [0.29, 0.717) is 25.0 Å². The summed E-state index contributed by atoms with van der Waals surface area (Å²) in [6.07, 6.45) is 4.61. The Morgan fingerprint density at radius 2 is 2.26 bits per heavy atom. The third-order valence-electron chi connectivity index (χ3n) is 4.92. The first-order valence-electron chi connectivity index (χ1n) is 6.92. The summed E-state index contributed by atoms with van der Waals surface area (Å²) in [5.74, 6) is -0.111. The molecule has 104 valence electrons. The van der Waals surface area contributed by atoms with E-state index in [1.807, 2.05) is 4.90 Å². The molecule has 2 atom stereocenters. The number of carbonyl (C=O) groups is 2. The van der Waals surface area contributed by atoms with Crippen molar-refractivity contribution in [1.29, 1.82) is 0 Å². The number of hydrogen-bond donors (Lipinski definition) is 1. The van der Waals surface area contributed by atoms with Crippen LogP contribution in [-0.4, -0.2) is 41.1 Å². The molecule has 1 aliphatic carbocycles. The Morgan fingerprint density at radius 3 is 3.00 bits per heavy atom.